The highest BCUT2D eigenvalue weighted by atomic mass is 35.5. The molecule has 112 valence electrons. The molecule has 0 fully saturated rings. The molecule has 0 aliphatic heterocycles. The molecule has 0 aliphatic rings. The molecule has 4 nitrogen and oxygen atoms in total. The molecule has 0 spiro atoms. The van der Waals surface area contributed by atoms with Crippen LogP contribution < -0.4 is 5.32 Å². The van der Waals surface area contributed by atoms with Gasteiger partial charge in [0.2, 0.25) is 0 Å². The minimum Gasteiger partial charge on any atom is -0.348 e. The largest absolute Gasteiger partial charge is 0.348 e. The predicted octanol–water partition coefficient (Wildman–Crippen LogP) is 2.98. The molecule has 0 saturated heterocycles. The monoisotopic (exact) mass is 297 g/mol. The van der Waals surface area contributed by atoms with Crippen LogP contribution in [0.1, 0.15) is 44.1 Å². The van der Waals surface area contributed by atoms with Crippen LogP contribution in [-0.4, -0.2) is 41.5 Å². The third-order valence-electron chi connectivity index (χ3n) is 3.33. The molecule has 1 N–H and O–H groups in total. The zero-order chi connectivity index (χ0) is 15.0. The number of nitrogens with one attached hydrogen (secondary N) is 1. The van der Waals surface area contributed by atoms with E-state index in [1.165, 1.54) is 0 Å². The van der Waals surface area contributed by atoms with Crippen LogP contribution in [0.3, 0.4) is 0 Å². The standard InChI is InChI=1S/C15H24ClN3O/c1-4-19(5-2)11-7-8-12(3)17-15(20)13-9-6-10-14(16)18-13/h6,9-10,12H,4-5,7-8,11H2,1-3H3,(H,17,20). The van der Waals surface area contributed by atoms with Crippen molar-refractivity contribution in [1.82, 2.24) is 15.2 Å². The van der Waals surface area contributed by atoms with Crippen LogP contribution in [0.2, 0.25) is 5.15 Å². The Hall–Kier alpha value is -1.13. The Labute approximate surface area is 126 Å². The zero-order valence-electron chi connectivity index (χ0n) is 12.5. The Balaban J connectivity index is 2.35. The van der Waals surface area contributed by atoms with Crippen LogP contribution in [0.5, 0.6) is 0 Å². The molecule has 0 saturated carbocycles. The molecule has 5 heteroatoms. The summed E-state index contributed by atoms with van der Waals surface area (Å²) in [4.78, 5) is 18.4. The Morgan fingerprint density at radius 2 is 2.10 bits per heavy atom. The highest BCUT2D eigenvalue weighted by Crippen LogP contribution is 2.06. The lowest BCUT2D eigenvalue weighted by Crippen LogP contribution is -2.34. The van der Waals surface area contributed by atoms with Crippen LogP contribution in [-0.2, 0) is 0 Å². The fourth-order valence-corrected chi connectivity index (χ4v) is 2.23. The Morgan fingerprint density at radius 3 is 2.70 bits per heavy atom. The second-order valence-corrected chi connectivity index (χ2v) is 5.28. The third kappa shape index (κ3) is 5.88. The first-order chi connectivity index (χ1) is 9.56. The number of carbonyl (C=O) groups is 1. The van der Waals surface area contributed by atoms with Gasteiger partial charge in [-0.05, 0) is 51.5 Å². The van der Waals surface area contributed by atoms with Crippen LogP contribution in [0.4, 0.5) is 0 Å². The summed E-state index contributed by atoms with van der Waals surface area (Å²) in [5, 5.41) is 3.29. The van der Waals surface area contributed by atoms with Gasteiger partial charge in [-0.25, -0.2) is 4.98 Å². The number of hydrogen-bond donors (Lipinski definition) is 1. The molecule has 1 aromatic heterocycles. The molecule has 0 aliphatic carbocycles. The SMILES string of the molecule is CCN(CC)CCCC(C)NC(=O)c1cccc(Cl)n1. The fraction of sp³-hybridized carbons (Fsp3) is 0.600. The number of nitrogens with zero attached hydrogens (tertiary/aromatic N) is 2. The molecular formula is C15H24ClN3O. The quantitative estimate of drug-likeness (QED) is 0.750. The maximum atomic E-state index is 12.0. The van der Waals surface area contributed by atoms with Crippen molar-refractivity contribution >= 4 is 17.5 Å². The van der Waals surface area contributed by atoms with Crippen molar-refractivity contribution in [3.05, 3.63) is 29.0 Å². The summed E-state index contributed by atoms with van der Waals surface area (Å²) >= 11 is 5.78. The maximum Gasteiger partial charge on any atom is 0.270 e. The minimum absolute atomic E-state index is 0.138. The summed E-state index contributed by atoms with van der Waals surface area (Å²) in [6.45, 7) is 9.57. The van der Waals surface area contributed by atoms with E-state index in [2.05, 4.69) is 29.0 Å². The minimum atomic E-state index is -0.164. The van der Waals surface area contributed by atoms with Gasteiger partial charge in [0, 0.05) is 6.04 Å². The van der Waals surface area contributed by atoms with Crippen molar-refractivity contribution in [3.63, 3.8) is 0 Å². The Bertz CT molecular complexity index is 421. The average molecular weight is 298 g/mol. The van der Waals surface area contributed by atoms with E-state index in [1.54, 1.807) is 18.2 Å². The van der Waals surface area contributed by atoms with Crippen LogP contribution in [0, 0.1) is 0 Å². The van der Waals surface area contributed by atoms with Gasteiger partial charge in [0.05, 0.1) is 0 Å². The molecule has 0 aromatic carbocycles. The van der Waals surface area contributed by atoms with Gasteiger partial charge in [0.25, 0.3) is 5.91 Å². The smallest absolute Gasteiger partial charge is 0.270 e. The highest BCUT2D eigenvalue weighted by Gasteiger charge is 2.11. The molecule has 1 unspecified atom stereocenters. The van der Waals surface area contributed by atoms with Crippen LogP contribution >= 0.6 is 11.6 Å². The van der Waals surface area contributed by atoms with E-state index in [9.17, 15) is 4.79 Å². The predicted molar refractivity (Wildman–Crippen MR) is 83.2 cm³/mol. The summed E-state index contributed by atoms with van der Waals surface area (Å²) in [7, 11) is 0. The second kappa shape index (κ2) is 8.93. The average Bonchev–Trinajstić information content (AvgIpc) is 2.43. The molecule has 0 bridgehead atoms. The summed E-state index contributed by atoms with van der Waals surface area (Å²) in [6.07, 6.45) is 2.04. The van der Waals surface area contributed by atoms with E-state index < -0.39 is 0 Å². The molecule has 1 rings (SSSR count). The van der Waals surface area contributed by atoms with Crippen molar-refractivity contribution in [2.75, 3.05) is 19.6 Å². The van der Waals surface area contributed by atoms with Crippen molar-refractivity contribution < 1.29 is 4.79 Å². The van der Waals surface area contributed by atoms with E-state index in [1.807, 2.05) is 6.92 Å². The third-order valence-corrected chi connectivity index (χ3v) is 3.54. The van der Waals surface area contributed by atoms with E-state index in [0.717, 1.165) is 32.5 Å². The topological polar surface area (TPSA) is 45.2 Å². The van der Waals surface area contributed by atoms with Gasteiger partial charge < -0.3 is 10.2 Å². The van der Waals surface area contributed by atoms with Gasteiger partial charge in [-0.1, -0.05) is 31.5 Å². The van der Waals surface area contributed by atoms with Crippen molar-refractivity contribution in [1.29, 1.82) is 0 Å². The lowest BCUT2D eigenvalue weighted by molar-refractivity contribution is 0.0932. The number of carbonyl (C=O) groups excluding carboxylic acids is 1. The lowest BCUT2D eigenvalue weighted by atomic mass is 10.1. The second-order valence-electron chi connectivity index (χ2n) is 4.89. The molecule has 1 atom stereocenters. The van der Waals surface area contributed by atoms with Gasteiger partial charge in [-0.15, -0.1) is 0 Å². The van der Waals surface area contributed by atoms with Crippen LogP contribution in [0.25, 0.3) is 0 Å². The Morgan fingerprint density at radius 1 is 1.40 bits per heavy atom. The van der Waals surface area contributed by atoms with Gasteiger partial charge in [-0.2, -0.15) is 0 Å². The zero-order valence-corrected chi connectivity index (χ0v) is 13.3. The van der Waals surface area contributed by atoms with Gasteiger partial charge in [0.15, 0.2) is 0 Å². The lowest BCUT2D eigenvalue weighted by Gasteiger charge is -2.19. The van der Waals surface area contributed by atoms with Gasteiger partial charge in [-0.3, -0.25) is 4.79 Å². The normalized spacial score (nSPS) is 12.4. The summed E-state index contributed by atoms with van der Waals surface area (Å²) in [5.74, 6) is -0.164. The van der Waals surface area contributed by atoms with Crippen molar-refractivity contribution in [2.45, 2.75) is 39.7 Å². The van der Waals surface area contributed by atoms with E-state index in [4.69, 9.17) is 11.6 Å². The van der Waals surface area contributed by atoms with Crippen molar-refractivity contribution in [2.24, 2.45) is 0 Å². The molecular weight excluding hydrogens is 274 g/mol. The van der Waals surface area contributed by atoms with E-state index in [0.29, 0.717) is 10.8 Å². The molecule has 1 heterocycles. The molecule has 20 heavy (non-hydrogen) atoms. The fourth-order valence-electron chi connectivity index (χ4n) is 2.07. The first kappa shape index (κ1) is 16.9. The summed E-state index contributed by atoms with van der Waals surface area (Å²) < 4.78 is 0. The first-order valence-corrected chi connectivity index (χ1v) is 7.60. The Kier molecular flexibility index (Phi) is 7.55. The van der Waals surface area contributed by atoms with E-state index >= 15 is 0 Å². The van der Waals surface area contributed by atoms with Gasteiger partial charge >= 0.3 is 0 Å². The van der Waals surface area contributed by atoms with Crippen molar-refractivity contribution in [3.8, 4) is 0 Å². The number of halogens is 1. The number of hydrogen-bond acceptors (Lipinski definition) is 3. The molecule has 1 aromatic rings. The van der Waals surface area contributed by atoms with Gasteiger partial charge in [0.1, 0.15) is 10.8 Å². The number of aromatic nitrogens is 1. The highest BCUT2D eigenvalue weighted by molar-refractivity contribution is 6.29. The molecule has 1 amide bonds. The summed E-state index contributed by atoms with van der Waals surface area (Å²) in [6, 6.07) is 5.20. The first-order valence-electron chi connectivity index (χ1n) is 7.22. The number of amides is 1. The van der Waals surface area contributed by atoms with E-state index in [-0.39, 0.29) is 11.9 Å². The summed E-state index contributed by atoms with van der Waals surface area (Å²) in [5.41, 5.74) is 0.369. The maximum absolute atomic E-state index is 12.0. The number of rotatable bonds is 8. The van der Waals surface area contributed by atoms with Crippen LogP contribution in [0.15, 0.2) is 18.2 Å². The molecule has 0 radical (unpaired) electrons. The number of pyridine rings is 1.